The Hall–Kier alpha value is -1.57. The lowest BCUT2D eigenvalue weighted by molar-refractivity contribution is 0.463. The summed E-state index contributed by atoms with van der Waals surface area (Å²) in [7, 11) is 1.79. The highest BCUT2D eigenvalue weighted by Crippen LogP contribution is 2.48. The van der Waals surface area contributed by atoms with Crippen LogP contribution in [0.3, 0.4) is 0 Å². The van der Waals surface area contributed by atoms with Gasteiger partial charge in [0.15, 0.2) is 5.96 Å². The number of hydrogen-bond acceptors (Lipinski definition) is 3. The molecule has 1 aromatic heterocycles. The van der Waals surface area contributed by atoms with Gasteiger partial charge in [0.05, 0.1) is 12.2 Å². The molecule has 0 atom stereocenters. The maximum absolute atomic E-state index is 5.60. The average Bonchev–Trinajstić information content (AvgIpc) is 3.28. The summed E-state index contributed by atoms with van der Waals surface area (Å²) in [6.07, 6.45) is 2.44. The van der Waals surface area contributed by atoms with E-state index in [1.807, 2.05) is 13.8 Å². The fourth-order valence-electron chi connectivity index (χ4n) is 3.11. The van der Waals surface area contributed by atoms with E-state index in [9.17, 15) is 0 Å². The second kappa shape index (κ2) is 8.21. The summed E-state index contributed by atoms with van der Waals surface area (Å²) in [5, 5.41) is 6.73. The molecule has 1 heterocycles. The second-order valence-corrected chi connectivity index (χ2v) is 6.62. The predicted molar refractivity (Wildman–Crippen MR) is 112 cm³/mol. The van der Waals surface area contributed by atoms with Gasteiger partial charge in [-0.3, -0.25) is 4.99 Å². The van der Waals surface area contributed by atoms with Gasteiger partial charge in [-0.15, -0.1) is 24.0 Å². The van der Waals surface area contributed by atoms with E-state index in [0.29, 0.717) is 12.4 Å². The molecule has 0 bridgehead atoms. The number of nitrogens with one attached hydrogen (secondary N) is 2. The molecular weight excluding hydrogens is 427 g/mol. The van der Waals surface area contributed by atoms with Crippen LogP contribution in [0.1, 0.15) is 41.3 Å². The normalized spacial score (nSPS) is 15.4. The second-order valence-electron chi connectivity index (χ2n) is 6.62. The van der Waals surface area contributed by atoms with Gasteiger partial charge in [0.25, 0.3) is 0 Å². The molecule has 0 saturated heterocycles. The maximum atomic E-state index is 5.60. The van der Waals surface area contributed by atoms with Gasteiger partial charge in [-0.2, -0.15) is 0 Å². The number of oxazole rings is 1. The van der Waals surface area contributed by atoms with Gasteiger partial charge in [0.1, 0.15) is 5.76 Å². The number of hydrogen-bond donors (Lipinski definition) is 2. The molecule has 0 aliphatic heterocycles. The Bertz CT molecular complexity index is 730. The van der Waals surface area contributed by atoms with Crippen LogP contribution >= 0.6 is 24.0 Å². The monoisotopic (exact) mass is 454 g/mol. The molecule has 1 aliphatic carbocycles. The lowest BCUT2D eigenvalue weighted by atomic mass is 9.92. The maximum Gasteiger partial charge on any atom is 0.214 e. The first kappa shape index (κ1) is 19.8. The molecule has 3 rings (SSSR count). The number of halogens is 1. The molecular formula is C19H27IN4O. The van der Waals surface area contributed by atoms with Gasteiger partial charge >= 0.3 is 0 Å². The molecule has 136 valence electrons. The van der Waals surface area contributed by atoms with Gasteiger partial charge in [0.2, 0.25) is 5.89 Å². The van der Waals surface area contributed by atoms with Crippen molar-refractivity contribution in [1.82, 2.24) is 15.6 Å². The molecule has 1 saturated carbocycles. The van der Waals surface area contributed by atoms with Gasteiger partial charge in [0, 0.05) is 19.0 Å². The van der Waals surface area contributed by atoms with Crippen molar-refractivity contribution in [2.24, 2.45) is 4.99 Å². The number of aromatic nitrogens is 1. The first-order valence-electron chi connectivity index (χ1n) is 8.47. The average molecular weight is 454 g/mol. The molecule has 1 aliphatic rings. The Morgan fingerprint density at radius 3 is 2.48 bits per heavy atom. The molecule has 5 nitrogen and oxygen atoms in total. The summed E-state index contributed by atoms with van der Waals surface area (Å²) in [5.74, 6) is 2.34. The third-order valence-electron chi connectivity index (χ3n) is 4.87. The highest BCUT2D eigenvalue weighted by atomic mass is 127. The van der Waals surface area contributed by atoms with E-state index in [1.165, 1.54) is 24.0 Å². The van der Waals surface area contributed by atoms with Crippen LogP contribution in [0.5, 0.6) is 0 Å². The predicted octanol–water partition coefficient (Wildman–Crippen LogP) is 3.61. The number of guanidine groups is 1. The van der Waals surface area contributed by atoms with E-state index in [1.54, 1.807) is 7.05 Å². The fourth-order valence-corrected chi connectivity index (χ4v) is 3.11. The molecule has 0 radical (unpaired) electrons. The molecule has 0 amide bonds. The van der Waals surface area contributed by atoms with Crippen molar-refractivity contribution >= 4 is 29.9 Å². The first-order valence-corrected chi connectivity index (χ1v) is 8.47. The van der Waals surface area contributed by atoms with Crippen molar-refractivity contribution in [3.63, 3.8) is 0 Å². The van der Waals surface area contributed by atoms with Crippen LogP contribution in [-0.2, 0) is 12.0 Å². The zero-order valence-electron chi connectivity index (χ0n) is 15.3. The SMILES string of the molecule is CN=C(NCc1nc(C)c(C)o1)NCC1(c2ccccc2C)CC1.I. The van der Waals surface area contributed by atoms with Gasteiger partial charge in [-0.05, 0) is 44.7 Å². The summed E-state index contributed by atoms with van der Waals surface area (Å²) in [5.41, 5.74) is 4.00. The number of rotatable bonds is 5. The smallest absolute Gasteiger partial charge is 0.214 e. The van der Waals surface area contributed by atoms with Gasteiger partial charge in [-0.25, -0.2) is 4.98 Å². The van der Waals surface area contributed by atoms with E-state index in [2.05, 4.69) is 51.8 Å². The van der Waals surface area contributed by atoms with Crippen LogP contribution in [0.4, 0.5) is 0 Å². The van der Waals surface area contributed by atoms with E-state index >= 15 is 0 Å². The zero-order valence-corrected chi connectivity index (χ0v) is 17.7. The lowest BCUT2D eigenvalue weighted by Gasteiger charge is -2.20. The topological polar surface area (TPSA) is 62.5 Å². The molecule has 2 N–H and O–H groups in total. The zero-order chi connectivity index (χ0) is 17.2. The highest BCUT2D eigenvalue weighted by molar-refractivity contribution is 14.0. The van der Waals surface area contributed by atoms with E-state index in [4.69, 9.17) is 4.42 Å². The minimum atomic E-state index is 0. The van der Waals surface area contributed by atoms with Crippen LogP contribution in [0.15, 0.2) is 33.7 Å². The van der Waals surface area contributed by atoms with Crippen molar-refractivity contribution in [2.45, 2.75) is 45.6 Å². The summed E-state index contributed by atoms with van der Waals surface area (Å²) in [4.78, 5) is 8.69. The van der Waals surface area contributed by atoms with E-state index in [0.717, 1.165) is 24.0 Å². The van der Waals surface area contributed by atoms with Crippen LogP contribution in [0, 0.1) is 20.8 Å². The Morgan fingerprint density at radius 1 is 1.20 bits per heavy atom. The van der Waals surface area contributed by atoms with E-state index < -0.39 is 0 Å². The number of aliphatic imine (C=N–C) groups is 1. The van der Waals surface area contributed by atoms with Crippen molar-refractivity contribution < 1.29 is 4.42 Å². The van der Waals surface area contributed by atoms with E-state index in [-0.39, 0.29) is 29.4 Å². The molecule has 1 aromatic carbocycles. The molecule has 0 unspecified atom stereocenters. The number of aryl methyl sites for hydroxylation is 3. The molecule has 6 heteroatoms. The fraction of sp³-hybridized carbons (Fsp3) is 0.474. The summed E-state index contributed by atoms with van der Waals surface area (Å²) < 4.78 is 5.60. The Morgan fingerprint density at radius 2 is 1.92 bits per heavy atom. The van der Waals surface area contributed by atoms with Crippen LogP contribution in [-0.4, -0.2) is 24.5 Å². The third kappa shape index (κ3) is 4.54. The van der Waals surface area contributed by atoms with Crippen LogP contribution in [0.2, 0.25) is 0 Å². The molecule has 1 fully saturated rings. The van der Waals surface area contributed by atoms with Crippen molar-refractivity contribution in [3.8, 4) is 0 Å². The Kier molecular flexibility index (Phi) is 6.48. The molecule has 2 aromatic rings. The quantitative estimate of drug-likeness (QED) is 0.412. The van der Waals surface area contributed by atoms with Crippen LogP contribution < -0.4 is 10.6 Å². The third-order valence-corrected chi connectivity index (χ3v) is 4.87. The van der Waals surface area contributed by atoms with Crippen LogP contribution in [0.25, 0.3) is 0 Å². The van der Waals surface area contributed by atoms with Crippen molar-refractivity contribution in [1.29, 1.82) is 0 Å². The number of nitrogens with zero attached hydrogens (tertiary/aromatic N) is 2. The van der Waals surface area contributed by atoms with Crippen molar-refractivity contribution in [3.05, 3.63) is 52.7 Å². The van der Waals surface area contributed by atoms with Gasteiger partial charge in [-0.1, -0.05) is 24.3 Å². The summed E-state index contributed by atoms with van der Waals surface area (Å²) in [6, 6.07) is 8.67. The molecule has 25 heavy (non-hydrogen) atoms. The lowest BCUT2D eigenvalue weighted by Crippen LogP contribution is -2.41. The Balaban J connectivity index is 0.00000225. The van der Waals surface area contributed by atoms with Crippen molar-refractivity contribution in [2.75, 3.05) is 13.6 Å². The summed E-state index contributed by atoms with van der Waals surface area (Å²) in [6.45, 7) is 7.50. The first-order chi connectivity index (χ1) is 11.5. The minimum absolute atomic E-state index is 0. The number of benzene rings is 1. The minimum Gasteiger partial charge on any atom is -0.444 e. The van der Waals surface area contributed by atoms with Gasteiger partial charge < -0.3 is 15.1 Å². The largest absolute Gasteiger partial charge is 0.444 e. The highest BCUT2D eigenvalue weighted by Gasteiger charge is 2.44. The standard InChI is InChI=1S/C19H26N4O.HI/c1-13-7-5-6-8-16(13)19(9-10-19)12-22-18(20-4)21-11-17-23-14(2)15(3)24-17;/h5-8H,9-12H2,1-4H3,(H2,20,21,22);1H. The molecule has 0 spiro atoms. The summed E-state index contributed by atoms with van der Waals surface area (Å²) >= 11 is 0. The Labute approximate surface area is 166 Å².